The summed E-state index contributed by atoms with van der Waals surface area (Å²) < 4.78 is 0. The number of aromatic amines is 1. The highest BCUT2D eigenvalue weighted by Gasteiger charge is 2.32. The lowest BCUT2D eigenvalue weighted by molar-refractivity contribution is -0.143. The molecule has 1 saturated carbocycles. The van der Waals surface area contributed by atoms with Crippen LogP contribution >= 0.6 is 0 Å². The van der Waals surface area contributed by atoms with Gasteiger partial charge in [-0.15, -0.1) is 0 Å². The Balaban J connectivity index is 1.97. The molecular formula is C18H21N3O4. The standard InChI is InChI=1S/C18H21N3O4/c22-15(21-25)10-14-16(11-5-2-1-3-6-11)19-20-17(14)12-7-4-8-13(9-12)18(23)24/h1-3,5-6,12-13,25H,4,7-10H2,(H,19,20)(H,21,22)(H,23,24). The van der Waals surface area contributed by atoms with Crippen LogP contribution < -0.4 is 5.48 Å². The quantitative estimate of drug-likeness (QED) is 0.492. The van der Waals surface area contributed by atoms with Crippen molar-refractivity contribution in [2.45, 2.75) is 38.0 Å². The van der Waals surface area contributed by atoms with Gasteiger partial charge in [0.15, 0.2) is 0 Å². The summed E-state index contributed by atoms with van der Waals surface area (Å²) >= 11 is 0. The number of H-pyrrole nitrogens is 1. The largest absolute Gasteiger partial charge is 0.481 e. The Morgan fingerprint density at radius 2 is 2.00 bits per heavy atom. The Bertz CT molecular complexity index is 757. The summed E-state index contributed by atoms with van der Waals surface area (Å²) in [5.74, 6) is -1.69. The zero-order chi connectivity index (χ0) is 17.8. The van der Waals surface area contributed by atoms with Crippen LogP contribution in [0, 0.1) is 5.92 Å². The predicted octanol–water partition coefficient (Wildman–Crippen LogP) is 2.48. The Labute approximate surface area is 145 Å². The average Bonchev–Trinajstić information content (AvgIpc) is 3.05. The number of benzene rings is 1. The lowest BCUT2D eigenvalue weighted by Gasteiger charge is -2.26. The van der Waals surface area contributed by atoms with Gasteiger partial charge in [0.2, 0.25) is 5.91 Å². The van der Waals surface area contributed by atoms with Crippen molar-refractivity contribution in [1.82, 2.24) is 15.7 Å². The molecule has 0 saturated heterocycles. The van der Waals surface area contributed by atoms with Crippen LogP contribution in [-0.4, -0.2) is 32.4 Å². The third-order valence-corrected chi connectivity index (χ3v) is 4.83. The van der Waals surface area contributed by atoms with E-state index >= 15 is 0 Å². The molecule has 2 aromatic rings. The molecule has 0 radical (unpaired) electrons. The van der Waals surface area contributed by atoms with Gasteiger partial charge in [-0.1, -0.05) is 36.8 Å². The normalized spacial score (nSPS) is 20.2. The molecule has 2 atom stereocenters. The third kappa shape index (κ3) is 3.71. The number of carboxylic acid groups (broad SMARTS) is 1. The van der Waals surface area contributed by atoms with Crippen molar-refractivity contribution < 1.29 is 19.9 Å². The Morgan fingerprint density at radius 3 is 2.68 bits per heavy atom. The fourth-order valence-electron chi connectivity index (χ4n) is 3.60. The van der Waals surface area contributed by atoms with Crippen molar-refractivity contribution in [2.24, 2.45) is 5.92 Å². The minimum atomic E-state index is -0.779. The van der Waals surface area contributed by atoms with Crippen molar-refractivity contribution in [3.05, 3.63) is 41.6 Å². The molecule has 1 fully saturated rings. The van der Waals surface area contributed by atoms with Gasteiger partial charge in [0.05, 0.1) is 23.7 Å². The maximum atomic E-state index is 11.8. The van der Waals surface area contributed by atoms with Crippen LogP contribution in [-0.2, 0) is 16.0 Å². The van der Waals surface area contributed by atoms with Gasteiger partial charge in [-0.25, -0.2) is 5.48 Å². The first-order chi connectivity index (χ1) is 12.1. The topological polar surface area (TPSA) is 115 Å². The van der Waals surface area contributed by atoms with Crippen molar-refractivity contribution in [3.63, 3.8) is 0 Å². The smallest absolute Gasteiger partial charge is 0.306 e. The molecule has 7 nitrogen and oxygen atoms in total. The molecule has 132 valence electrons. The molecule has 4 N–H and O–H groups in total. The monoisotopic (exact) mass is 343 g/mol. The lowest BCUT2D eigenvalue weighted by atomic mass is 9.78. The second kappa shape index (κ2) is 7.48. The highest BCUT2D eigenvalue weighted by molar-refractivity contribution is 5.81. The number of rotatable bonds is 5. The number of hydrogen-bond donors (Lipinski definition) is 4. The predicted molar refractivity (Wildman–Crippen MR) is 90.0 cm³/mol. The number of aromatic nitrogens is 2. The molecule has 25 heavy (non-hydrogen) atoms. The molecule has 7 heteroatoms. The number of carbonyl (C=O) groups is 2. The summed E-state index contributed by atoms with van der Waals surface area (Å²) in [4.78, 5) is 23.1. The van der Waals surface area contributed by atoms with Crippen molar-refractivity contribution in [1.29, 1.82) is 0 Å². The first-order valence-corrected chi connectivity index (χ1v) is 8.38. The first-order valence-electron chi connectivity index (χ1n) is 8.38. The molecule has 0 spiro atoms. The zero-order valence-corrected chi connectivity index (χ0v) is 13.7. The molecule has 1 aliphatic rings. The number of amides is 1. The summed E-state index contributed by atoms with van der Waals surface area (Å²) in [5.41, 5.74) is 4.74. The van der Waals surface area contributed by atoms with E-state index in [9.17, 15) is 14.7 Å². The van der Waals surface area contributed by atoms with E-state index in [0.29, 0.717) is 18.4 Å². The summed E-state index contributed by atoms with van der Waals surface area (Å²) in [6.07, 6.45) is 2.84. The van der Waals surface area contributed by atoms with E-state index in [1.165, 1.54) is 0 Å². The van der Waals surface area contributed by atoms with Crippen molar-refractivity contribution in [2.75, 3.05) is 0 Å². The molecule has 0 aliphatic heterocycles. The van der Waals surface area contributed by atoms with Gasteiger partial charge in [0.25, 0.3) is 0 Å². The number of carbonyl (C=O) groups excluding carboxylic acids is 1. The lowest BCUT2D eigenvalue weighted by Crippen LogP contribution is -2.24. The summed E-state index contributed by atoms with van der Waals surface area (Å²) in [6, 6.07) is 9.52. The average molecular weight is 343 g/mol. The maximum Gasteiger partial charge on any atom is 0.306 e. The van der Waals surface area contributed by atoms with Crippen LogP contribution in [0.15, 0.2) is 30.3 Å². The van der Waals surface area contributed by atoms with Crippen LogP contribution in [0.1, 0.15) is 42.9 Å². The van der Waals surface area contributed by atoms with E-state index in [1.807, 2.05) is 30.3 Å². The highest BCUT2D eigenvalue weighted by atomic mass is 16.5. The van der Waals surface area contributed by atoms with Crippen LogP contribution in [0.25, 0.3) is 11.3 Å². The number of hydroxylamine groups is 1. The van der Waals surface area contributed by atoms with Crippen LogP contribution in [0.2, 0.25) is 0 Å². The molecule has 1 heterocycles. The molecule has 1 amide bonds. The molecular weight excluding hydrogens is 322 g/mol. The summed E-state index contributed by atoms with van der Waals surface area (Å²) in [7, 11) is 0. The number of hydrogen-bond acceptors (Lipinski definition) is 4. The fourth-order valence-corrected chi connectivity index (χ4v) is 3.60. The molecule has 2 unspecified atom stereocenters. The minimum Gasteiger partial charge on any atom is -0.481 e. The SMILES string of the molecule is O=C(Cc1c(C2CCCC(C(=O)O)C2)n[nH]c1-c1ccccc1)NO. The Morgan fingerprint density at radius 1 is 1.24 bits per heavy atom. The van der Waals surface area contributed by atoms with Gasteiger partial charge in [-0.3, -0.25) is 19.9 Å². The zero-order valence-electron chi connectivity index (χ0n) is 13.7. The van der Waals surface area contributed by atoms with E-state index in [0.717, 1.165) is 29.8 Å². The van der Waals surface area contributed by atoms with Gasteiger partial charge in [0.1, 0.15) is 0 Å². The van der Waals surface area contributed by atoms with Gasteiger partial charge in [-0.2, -0.15) is 5.10 Å². The van der Waals surface area contributed by atoms with E-state index < -0.39 is 11.9 Å². The van der Waals surface area contributed by atoms with Crippen molar-refractivity contribution >= 4 is 11.9 Å². The van der Waals surface area contributed by atoms with Gasteiger partial charge in [-0.05, 0) is 24.8 Å². The number of nitrogens with zero attached hydrogens (tertiary/aromatic N) is 1. The third-order valence-electron chi connectivity index (χ3n) is 4.83. The van der Waals surface area contributed by atoms with Gasteiger partial charge in [0, 0.05) is 11.5 Å². The van der Waals surface area contributed by atoms with Gasteiger partial charge >= 0.3 is 5.97 Å². The number of aliphatic carboxylic acids is 1. The van der Waals surface area contributed by atoms with Crippen LogP contribution in [0.4, 0.5) is 0 Å². The summed E-state index contributed by atoms with van der Waals surface area (Å²) in [5, 5.41) is 25.6. The Hall–Kier alpha value is -2.67. The first kappa shape index (κ1) is 17.2. The minimum absolute atomic E-state index is 0.00921. The summed E-state index contributed by atoms with van der Waals surface area (Å²) in [6.45, 7) is 0. The highest BCUT2D eigenvalue weighted by Crippen LogP contribution is 2.39. The molecule has 1 aliphatic carbocycles. The number of carboxylic acids is 1. The fraction of sp³-hybridized carbons (Fsp3) is 0.389. The molecule has 1 aromatic carbocycles. The van der Waals surface area contributed by atoms with E-state index in [2.05, 4.69) is 10.2 Å². The second-order valence-corrected chi connectivity index (χ2v) is 6.44. The van der Waals surface area contributed by atoms with E-state index in [1.54, 1.807) is 5.48 Å². The molecule has 3 rings (SSSR count). The van der Waals surface area contributed by atoms with Crippen molar-refractivity contribution in [3.8, 4) is 11.3 Å². The number of nitrogens with one attached hydrogen (secondary N) is 2. The molecule has 0 bridgehead atoms. The van der Waals surface area contributed by atoms with E-state index in [-0.39, 0.29) is 18.3 Å². The second-order valence-electron chi connectivity index (χ2n) is 6.44. The Kier molecular flexibility index (Phi) is 5.14. The molecule has 1 aromatic heterocycles. The van der Waals surface area contributed by atoms with Crippen LogP contribution in [0.5, 0.6) is 0 Å². The van der Waals surface area contributed by atoms with Gasteiger partial charge < -0.3 is 5.11 Å². The van der Waals surface area contributed by atoms with E-state index in [4.69, 9.17) is 5.21 Å². The van der Waals surface area contributed by atoms with Crippen LogP contribution in [0.3, 0.4) is 0 Å². The maximum absolute atomic E-state index is 11.8.